The van der Waals surface area contributed by atoms with Gasteiger partial charge in [0.15, 0.2) is 5.69 Å². The van der Waals surface area contributed by atoms with E-state index in [4.69, 9.17) is 9.84 Å². The lowest BCUT2D eigenvalue weighted by Crippen LogP contribution is -2.50. The first-order valence-corrected chi connectivity index (χ1v) is 5.73. The lowest BCUT2D eigenvalue weighted by molar-refractivity contribution is -0.137. The summed E-state index contributed by atoms with van der Waals surface area (Å²) in [5.41, 5.74) is 0.0570. The number of hydrogen-bond acceptors (Lipinski definition) is 6. The second-order valence-electron chi connectivity index (χ2n) is 4.10. The first-order valence-electron chi connectivity index (χ1n) is 5.73. The van der Waals surface area contributed by atoms with Crippen LogP contribution < -0.4 is 0 Å². The third-order valence-corrected chi connectivity index (χ3v) is 2.75. The van der Waals surface area contributed by atoms with Gasteiger partial charge in [-0.05, 0) is 0 Å². The van der Waals surface area contributed by atoms with Crippen molar-refractivity contribution in [3.8, 4) is 0 Å². The number of amides is 1. The number of hydrogen-bond donors (Lipinski definition) is 2. The van der Waals surface area contributed by atoms with Gasteiger partial charge < -0.3 is 19.8 Å². The molecule has 0 radical (unpaired) electrons. The van der Waals surface area contributed by atoms with E-state index in [1.165, 1.54) is 11.1 Å². The minimum Gasteiger partial charge on any atom is -0.480 e. The molecule has 9 heteroatoms. The summed E-state index contributed by atoms with van der Waals surface area (Å²) < 4.78 is 6.25. The highest BCUT2D eigenvalue weighted by atomic mass is 16.5. The Kier molecular flexibility index (Phi) is 4.07. The van der Waals surface area contributed by atoms with E-state index in [0.29, 0.717) is 13.2 Å². The smallest absolute Gasteiger partial charge is 0.325 e. The molecule has 19 heavy (non-hydrogen) atoms. The van der Waals surface area contributed by atoms with E-state index in [9.17, 15) is 14.7 Å². The number of carbonyl (C=O) groups excluding carboxylic acids is 1. The van der Waals surface area contributed by atoms with Gasteiger partial charge in [-0.2, -0.15) is 0 Å². The molecule has 1 atom stereocenters. The van der Waals surface area contributed by atoms with Gasteiger partial charge in [0.25, 0.3) is 5.91 Å². The summed E-state index contributed by atoms with van der Waals surface area (Å²) in [7, 11) is 0. The second kappa shape index (κ2) is 5.76. The highest BCUT2D eigenvalue weighted by molar-refractivity contribution is 5.92. The number of carbonyl (C=O) groups is 2. The van der Waals surface area contributed by atoms with Crippen molar-refractivity contribution in [2.75, 3.05) is 26.4 Å². The Morgan fingerprint density at radius 2 is 2.32 bits per heavy atom. The van der Waals surface area contributed by atoms with E-state index >= 15 is 0 Å². The lowest BCUT2D eigenvalue weighted by atomic mass is 10.2. The van der Waals surface area contributed by atoms with E-state index in [0.717, 1.165) is 4.68 Å². The third-order valence-electron chi connectivity index (χ3n) is 2.75. The van der Waals surface area contributed by atoms with Crippen LogP contribution in [0, 0.1) is 0 Å². The number of carboxylic acids is 1. The molecule has 2 N–H and O–H groups in total. The largest absolute Gasteiger partial charge is 0.480 e. The molecular formula is C10H14N4O5. The van der Waals surface area contributed by atoms with E-state index < -0.39 is 12.0 Å². The lowest BCUT2D eigenvalue weighted by Gasteiger charge is -2.33. The van der Waals surface area contributed by atoms with Crippen LogP contribution in [0.15, 0.2) is 6.20 Å². The van der Waals surface area contributed by atoms with Gasteiger partial charge in [-0.1, -0.05) is 5.21 Å². The maximum atomic E-state index is 12.2. The number of aromatic nitrogens is 3. The van der Waals surface area contributed by atoms with E-state index in [-0.39, 0.29) is 31.4 Å². The Morgan fingerprint density at radius 3 is 3.00 bits per heavy atom. The molecular weight excluding hydrogens is 256 g/mol. The molecule has 1 aromatic rings. The summed E-state index contributed by atoms with van der Waals surface area (Å²) in [4.78, 5) is 24.1. The Balaban J connectivity index is 2.09. The van der Waals surface area contributed by atoms with Gasteiger partial charge in [0.2, 0.25) is 0 Å². The molecule has 9 nitrogen and oxygen atoms in total. The molecule has 2 rings (SSSR count). The fourth-order valence-corrected chi connectivity index (χ4v) is 1.83. The molecule has 104 valence electrons. The topological polar surface area (TPSA) is 118 Å². The third kappa shape index (κ3) is 3.06. The second-order valence-corrected chi connectivity index (χ2v) is 4.10. The Labute approximate surface area is 108 Å². The van der Waals surface area contributed by atoms with Crippen LogP contribution in [0.4, 0.5) is 0 Å². The van der Waals surface area contributed by atoms with Crippen molar-refractivity contribution in [3.05, 3.63) is 11.9 Å². The predicted molar refractivity (Wildman–Crippen MR) is 60.4 cm³/mol. The summed E-state index contributed by atoms with van der Waals surface area (Å²) in [5.74, 6) is -1.46. The molecule has 1 aliphatic rings. The van der Waals surface area contributed by atoms with Gasteiger partial charge in [-0.3, -0.25) is 9.59 Å². The highest BCUT2D eigenvalue weighted by Crippen LogP contribution is 2.10. The van der Waals surface area contributed by atoms with Gasteiger partial charge in [-0.25, -0.2) is 4.68 Å². The fraction of sp³-hybridized carbons (Fsp3) is 0.600. The van der Waals surface area contributed by atoms with Crippen molar-refractivity contribution in [3.63, 3.8) is 0 Å². The molecule has 0 saturated carbocycles. The average Bonchev–Trinajstić information content (AvgIpc) is 2.85. The number of aliphatic hydroxyl groups excluding tert-OH is 1. The Hall–Kier alpha value is -2.00. The van der Waals surface area contributed by atoms with Crippen molar-refractivity contribution in [2.24, 2.45) is 0 Å². The number of rotatable bonds is 4. The van der Waals surface area contributed by atoms with Gasteiger partial charge in [-0.15, -0.1) is 5.10 Å². The van der Waals surface area contributed by atoms with Crippen LogP contribution in [0.3, 0.4) is 0 Å². The molecule has 0 bridgehead atoms. The normalized spacial score (nSPS) is 19.4. The zero-order valence-electron chi connectivity index (χ0n) is 10.1. The molecule has 1 aliphatic heterocycles. The average molecular weight is 270 g/mol. The summed E-state index contributed by atoms with van der Waals surface area (Å²) in [5, 5.41) is 25.0. The van der Waals surface area contributed by atoms with Crippen molar-refractivity contribution in [1.82, 2.24) is 19.9 Å². The van der Waals surface area contributed by atoms with Crippen molar-refractivity contribution >= 4 is 11.9 Å². The first-order chi connectivity index (χ1) is 9.11. The number of aliphatic carboxylic acids is 1. The molecule has 1 unspecified atom stereocenters. The van der Waals surface area contributed by atoms with Crippen LogP contribution in [0.25, 0.3) is 0 Å². The predicted octanol–water partition coefficient (Wildman–Crippen LogP) is -1.80. The van der Waals surface area contributed by atoms with Gasteiger partial charge >= 0.3 is 5.97 Å². The summed E-state index contributed by atoms with van der Waals surface area (Å²) in [6.07, 6.45) is 1.28. The quantitative estimate of drug-likeness (QED) is 0.662. The minimum absolute atomic E-state index is 0.0570. The highest BCUT2D eigenvalue weighted by Gasteiger charge is 2.29. The van der Waals surface area contributed by atoms with E-state index in [1.54, 1.807) is 0 Å². The summed E-state index contributed by atoms with van der Waals surface area (Å²) >= 11 is 0. The van der Waals surface area contributed by atoms with Crippen LogP contribution in [-0.2, 0) is 16.1 Å². The Bertz CT molecular complexity index is 474. The molecule has 1 fully saturated rings. The van der Waals surface area contributed by atoms with Crippen LogP contribution >= 0.6 is 0 Å². The van der Waals surface area contributed by atoms with E-state index in [2.05, 4.69) is 10.3 Å². The summed E-state index contributed by atoms with van der Waals surface area (Å²) in [6.45, 7) is 0.467. The van der Waals surface area contributed by atoms with Gasteiger partial charge in [0, 0.05) is 6.54 Å². The van der Waals surface area contributed by atoms with Gasteiger partial charge in [0.05, 0.1) is 32.1 Å². The molecule has 1 saturated heterocycles. The maximum Gasteiger partial charge on any atom is 0.325 e. The number of carboxylic acid groups (broad SMARTS) is 1. The molecule has 2 heterocycles. The van der Waals surface area contributed by atoms with Crippen molar-refractivity contribution in [1.29, 1.82) is 0 Å². The molecule has 0 aliphatic carbocycles. The summed E-state index contributed by atoms with van der Waals surface area (Å²) in [6, 6.07) is -0.411. The molecule has 1 aromatic heterocycles. The number of aliphatic hydroxyl groups is 1. The van der Waals surface area contributed by atoms with Crippen molar-refractivity contribution in [2.45, 2.75) is 12.6 Å². The Morgan fingerprint density at radius 1 is 1.53 bits per heavy atom. The zero-order valence-corrected chi connectivity index (χ0v) is 10.1. The SMILES string of the molecule is O=C(O)Cn1cc(C(=O)N2CCOCC2CO)nn1. The monoisotopic (exact) mass is 270 g/mol. The fourth-order valence-electron chi connectivity index (χ4n) is 1.83. The van der Waals surface area contributed by atoms with Gasteiger partial charge in [0.1, 0.15) is 6.54 Å². The standard InChI is InChI=1S/C10H14N4O5/c15-5-7-6-19-2-1-14(7)10(18)8-3-13(12-11-8)4-9(16)17/h3,7,15H,1-2,4-6H2,(H,16,17). The molecule has 1 amide bonds. The van der Waals surface area contributed by atoms with Crippen LogP contribution in [0.1, 0.15) is 10.5 Å². The zero-order chi connectivity index (χ0) is 13.8. The van der Waals surface area contributed by atoms with Crippen LogP contribution in [-0.4, -0.2) is 74.4 Å². The minimum atomic E-state index is -1.07. The van der Waals surface area contributed by atoms with Crippen LogP contribution in [0.2, 0.25) is 0 Å². The first kappa shape index (κ1) is 13.4. The number of nitrogens with zero attached hydrogens (tertiary/aromatic N) is 4. The number of morpholine rings is 1. The van der Waals surface area contributed by atoms with E-state index in [1.807, 2.05) is 0 Å². The molecule has 0 aromatic carbocycles. The molecule has 0 spiro atoms. The number of ether oxygens (including phenoxy) is 1. The maximum absolute atomic E-state index is 12.2. The van der Waals surface area contributed by atoms with Crippen molar-refractivity contribution < 1.29 is 24.5 Å². The van der Waals surface area contributed by atoms with Crippen LogP contribution in [0.5, 0.6) is 0 Å².